The van der Waals surface area contributed by atoms with Gasteiger partial charge in [0.1, 0.15) is 4.90 Å². The summed E-state index contributed by atoms with van der Waals surface area (Å²) >= 11 is 1.86. The van der Waals surface area contributed by atoms with Gasteiger partial charge in [0.25, 0.3) is 42.3 Å². The number of aromatic nitrogens is 6. The molecule has 2 heterocycles. The Bertz CT molecular complexity index is 2520. The van der Waals surface area contributed by atoms with E-state index in [-0.39, 0.29) is 82.1 Å². The highest BCUT2D eigenvalue weighted by Crippen LogP contribution is 2.31. The fraction of sp³-hybridized carbons (Fsp3) is 0.214. The Morgan fingerprint density at radius 3 is 1.56 bits per heavy atom. The van der Waals surface area contributed by atoms with Crippen LogP contribution in [0.3, 0.4) is 0 Å². The predicted octanol–water partition coefficient (Wildman–Crippen LogP) is 3.53. The highest BCUT2D eigenvalue weighted by atomic mass is 32.2. The molecule has 0 atom stereocenters. The summed E-state index contributed by atoms with van der Waals surface area (Å²) in [7, 11) is -13.6. The van der Waals surface area contributed by atoms with Gasteiger partial charge in [0, 0.05) is 65.9 Å². The van der Waals surface area contributed by atoms with Crippen molar-refractivity contribution in [2.45, 2.75) is 9.79 Å². The standard InChI is InChI=1S/C28H32N12O18S6/c41-53-56-59-11-7-29-23-35-24(30-8-12-60-57-54-42)38-28(37-23)34-20-6-4-18(22(16-20)64(50,51)52)2-1-17-3-5-19(15-21(17)61-58-55-43)33-27-39-25(31-9-13-62(44,45)46)36-26(40-27)32-10-14-63(47,48)49/h1-8,15-16,41-43H,9-14H2,(H,44,45,46)(H,47,48,49)(H,50,51,52)(H,34,35,37,38)(H3,31,32,33,36,39,40)/b2-1+,29-7?,30-8?. The zero-order chi connectivity index (χ0) is 46.6. The molecule has 0 aliphatic heterocycles. The molecule has 0 unspecified atom stereocenters. The zero-order valence-corrected chi connectivity index (χ0v) is 36.5. The van der Waals surface area contributed by atoms with E-state index in [0.29, 0.717) is 41.7 Å². The van der Waals surface area contributed by atoms with Crippen molar-refractivity contribution in [1.82, 2.24) is 29.9 Å². The molecule has 0 radical (unpaired) electrons. The Kier molecular flexibility index (Phi) is 20.7. The van der Waals surface area contributed by atoms with Crippen LogP contribution >= 0.6 is 36.1 Å². The summed E-state index contributed by atoms with van der Waals surface area (Å²) in [6.45, 7) is -0.668. The monoisotopic (exact) mass is 1020 g/mol. The highest BCUT2D eigenvalue weighted by molar-refractivity contribution is 7.95. The SMILES string of the molecule is O=S(=O)(O)CCNc1nc(NCCS(=O)(=O)O)nc(Nc2ccc(/C=C/c3ccc(Nc4nc(N=CCSOOO)nc(N=CCSOOO)n4)cc3S(=O)(=O)O)c(SOOO)c2)n1. The van der Waals surface area contributed by atoms with Crippen molar-refractivity contribution in [2.24, 2.45) is 9.98 Å². The van der Waals surface area contributed by atoms with Crippen LogP contribution in [0.25, 0.3) is 12.2 Å². The van der Waals surface area contributed by atoms with Gasteiger partial charge in [0.2, 0.25) is 23.8 Å². The van der Waals surface area contributed by atoms with Gasteiger partial charge in [-0.3, -0.25) is 13.7 Å². The molecule has 0 amide bonds. The molecule has 0 saturated carbocycles. The lowest BCUT2D eigenvalue weighted by Gasteiger charge is -2.12. The molecule has 0 spiro atoms. The molecule has 10 N–H and O–H groups in total. The first kappa shape index (κ1) is 51.8. The third kappa shape index (κ3) is 19.5. The number of nitrogens with one attached hydrogen (secondary N) is 4. The molecule has 64 heavy (non-hydrogen) atoms. The normalized spacial score (nSPS) is 12.4. The van der Waals surface area contributed by atoms with E-state index >= 15 is 0 Å². The van der Waals surface area contributed by atoms with Gasteiger partial charge in [-0.25, -0.2) is 25.8 Å². The fourth-order valence-corrected chi connectivity index (χ4v) is 6.79. The van der Waals surface area contributed by atoms with Crippen LogP contribution in [0, 0.1) is 0 Å². The summed E-state index contributed by atoms with van der Waals surface area (Å²) in [6, 6.07) is 8.28. The maximum Gasteiger partial charge on any atom is 0.295 e. The molecule has 30 nitrogen and oxygen atoms in total. The molecule has 0 aliphatic carbocycles. The molecule has 0 fully saturated rings. The van der Waals surface area contributed by atoms with Crippen molar-refractivity contribution in [2.75, 3.05) is 57.4 Å². The van der Waals surface area contributed by atoms with Crippen molar-refractivity contribution in [3.63, 3.8) is 0 Å². The van der Waals surface area contributed by atoms with Crippen LogP contribution in [0.15, 0.2) is 56.2 Å². The molecule has 0 aliphatic rings. The molecular formula is C28H32N12O18S6. The summed E-state index contributed by atoms with van der Waals surface area (Å²) in [4.78, 5) is 32.4. The Hall–Kier alpha value is -4.84. The summed E-state index contributed by atoms with van der Waals surface area (Å²) in [5.41, 5.74) is 0.647. The Morgan fingerprint density at radius 2 is 1.06 bits per heavy atom. The fourth-order valence-electron chi connectivity index (χ4n) is 4.38. The number of anilines is 6. The summed E-state index contributed by atoms with van der Waals surface area (Å²) in [5.74, 6) is -2.35. The number of rotatable bonds is 28. The molecule has 4 aromatic rings. The Morgan fingerprint density at radius 1 is 0.594 bits per heavy atom. The summed E-state index contributed by atoms with van der Waals surface area (Å²) in [5, 5.41) is 46.9. The Balaban J connectivity index is 1.62. The molecule has 2 aromatic carbocycles. The molecule has 4 rings (SSSR count). The van der Waals surface area contributed by atoms with E-state index in [2.05, 4.69) is 89.3 Å². The minimum atomic E-state index is -4.89. The molecule has 2 aromatic heterocycles. The second-order valence-electron chi connectivity index (χ2n) is 11.3. The van der Waals surface area contributed by atoms with Crippen LogP contribution in [0.1, 0.15) is 11.1 Å². The van der Waals surface area contributed by atoms with Crippen LogP contribution < -0.4 is 21.3 Å². The predicted molar refractivity (Wildman–Crippen MR) is 229 cm³/mol. The van der Waals surface area contributed by atoms with Crippen molar-refractivity contribution >= 4 is 138 Å². The van der Waals surface area contributed by atoms with E-state index in [1.807, 2.05) is 0 Å². The molecule has 36 heteroatoms. The van der Waals surface area contributed by atoms with Gasteiger partial charge in [-0.2, -0.15) is 55.2 Å². The quantitative estimate of drug-likeness (QED) is 0.00739. The largest absolute Gasteiger partial charge is 0.353 e. The van der Waals surface area contributed by atoms with Gasteiger partial charge in [0.05, 0.1) is 35.1 Å². The van der Waals surface area contributed by atoms with Crippen LogP contribution in [0.2, 0.25) is 0 Å². The van der Waals surface area contributed by atoms with E-state index < -0.39 is 46.8 Å². The van der Waals surface area contributed by atoms with E-state index in [9.17, 15) is 29.8 Å². The second-order valence-corrected chi connectivity index (χ2v) is 17.9. The summed E-state index contributed by atoms with van der Waals surface area (Å²) in [6.07, 6.45) is 5.35. The molecule has 348 valence electrons. The van der Waals surface area contributed by atoms with Gasteiger partial charge in [-0.05, 0) is 35.4 Å². The molecule has 0 saturated heterocycles. The van der Waals surface area contributed by atoms with E-state index in [1.54, 1.807) is 0 Å². The number of hydrogen-bond donors (Lipinski definition) is 10. The van der Waals surface area contributed by atoms with Crippen LogP contribution in [0.4, 0.5) is 47.1 Å². The first-order chi connectivity index (χ1) is 30.4. The average molecular weight is 1020 g/mol. The number of aliphatic imine (C=N–C) groups is 2. The third-order valence-corrected chi connectivity index (χ3v) is 10.7. The minimum Gasteiger partial charge on any atom is -0.353 e. The number of hydrogen-bond acceptors (Lipinski definition) is 30. The smallest absolute Gasteiger partial charge is 0.295 e. The maximum absolute atomic E-state index is 12.6. The van der Waals surface area contributed by atoms with Gasteiger partial charge < -0.3 is 21.3 Å². The van der Waals surface area contributed by atoms with Crippen LogP contribution in [-0.2, 0) is 58.5 Å². The van der Waals surface area contributed by atoms with E-state index in [1.165, 1.54) is 54.9 Å². The highest BCUT2D eigenvalue weighted by Gasteiger charge is 2.17. The Labute approximate surface area is 373 Å². The first-order valence-corrected chi connectivity index (χ1v) is 23.9. The minimum absolute atomic E-state index is 0.0110. The van der Waals surface area contributed by atoms with Gasteiger partial charge in [-0.15, -0.1) is 13.0 Å². The zero-order valence-electron chi connectivity index (χ0n) is 31.6. The lowest BCUT2D eigenvalue weighted by atomic mass is 10.1. The van der Waals surface area contributed by atoms with Crippen molar-refractivity contribution in [3.05, 3.63) is 47.5 Å². The van der Waals surface area contributed by atoms with Gasteiger partial charge >= 0.3 is 0 Å². The summed E-state index contributed by atoms with van der Waals surface area (Å²) < 4.78 is 111. The first-order valence-electron chi connectivity index (χ1n) is 16.7. The van der Waals surface area contributed by atoms with Crippen molar-refractivity contribution in [3.8, 4) is 0 Å². The van der Waals surface area contributed by atoms with Gasteiger partial charge in [0.15, 0.2) is 0 Å². The average Bonchev–Trinajstić information content (AvgIpc) is 3.21. The third-order valence-electron chi connectivity index (χ3n) is 6.80. The lowest BCUT2D eigenvalue weighted by Crippen LogP contribution is -2.19. The van der Waals surface area contributed by atoms with Crippen LogP contribution in [-0.4, -0.2) is 133 Å². The van der Waals surface area contributed by atoms with Crippen LogP contribution in [0.5, 0.6) is 0 Å². The van der Waals surface area contributed by atoms with Crippen molar-refractivity contribution in [1.29, 1.82) is 0 Å². The molecular weight excluding hydrogens is 985 g/mol. The topological polar surface area (TPSA) is 429 Å². The lowest BCUT2D eigenvalue weighted by molar-refractivity contribution is -0.432. The second kappa shape index (κ2) is 25.6. The number of nitrogens with zero attached hydrogens (tertiary/aromatic N) is 8. The van der Waals surface area contributed by atoms with E-state index in [0.717, 1.165) is 6.07 Å². The number of benzene rings is 2. The van der Waals surface area contributed by atoms with Gasteiger partial charge in [-0.1, -0.05) is 39.4 Å². The van der Waals surface area contributed by atoms with E-state index in [4.69, 9.17) is 24.9 Å². The maximum atomic E-state index is 12.6. The van der Waals surface area contributed by atoms with Crippen molar-refractivity contribution < 1.29 is 82.8 Å². The molecule has 0 bridgehead atoms.